The Bertz CT molecular complexity index is 556. The molecule has 0 spiro atoms. The van der Waals surface area contributed by atoms with Gasteiger partial charge in [-0.1, -0.05) is 6.92 Å². The van der Waals surface area contributed by atoms with E-state index in [-0.39, 0.29) is 5.78 Å². The summed E-state index contributed by atoms with van der Waals surface area (Å²) < 4.78 is 11.2. The first-order valence-corrected chi connectivity index (χ1v) is 6.71. The fourth-order valence-corrected chi connectivity index (χ4v) is 1.72. The van der Waals surface area contributed by atoms with Crippen molar-refractivity contribution in [1.82, 2.24) is 0 Å². The molecule has 2 rings (SSSR count). The van der Waals surface area contributed by atoms with E-state index in [1.54, 1.807) is 31.2 Å². The van der Waals surface area contributed by atoms with Crippen LogP contribution in [0.1, 0.15) is 30.6 Å². The molecule has 0 saturated carbocycles. The van der Waals surface area contributed by atoms with Gasteiger partial charge in [-0.3, -0.25) is 4.79 Å². The van der Waals surface area contributed by atoms with Crippen LogP contribution in [0.15, 0.2) is 48.5 Å². The highest BCUT2D eigenvalue weighted by molar-refractivity contribution is 5.94. The predicted molar refractivity (Wildman–Crippen MR) is 78.7 cm³/mol. The van der Waals surface area contributed by atoms with Crippen molar-refractivity contribution in [2.45, 2.75) is 20.3 Å². The van der Waals surface area contributed by atoms with Crippen LogP contribution in [0, 0.1) is 0 Å². The quantitative estimate of drug-likeness (QED) is 0.726. The van der Waals surface area contributed by atoms with Crippen molar-refractivity contribution in [3.63, 3.8) is 0 Å². The van der Waals surface area contributed by atoms with Gasteiger partial charge in [0.15, 0.2) is 5.78 Å². The number of rotatable bonds is 6. The molecule has 0 aliphatic rings. The van der Waals surface area contributed by atoms with E-state index in [0.29, 0.717) is 17.9 Å². The molecular weight excluding hydrogens is 252 g/mol. The van der Waals surface area contributed by atoms with Gasteiger partial charge in [0.05, 0.1) is 6.61 Å². The van der Waals surface area contributed by atoms with Gasteiger partial charge in [-0.15, -0.1) is 0 Å². The van der Waals surface area contributed by atoms with Crippen molar-refractivity contribution < 1.29 is 14.3 Å². The molecule has 0 radical (unpaired) electrons. The first kappa shape index (κ1) is 14.1. The van der Waals surface area contributed by atoms with Gasteiger partial charge < -0.3 is 9.47 Å². The molecule has 0 heterocycles. The fourth-order valence-electron chi connectivity index (χ4n) is 1.72. The molecule has 0 N–H and O–H groups in total. The van der Waals surface area contributed by atoms with E-state index >= 15 is 0 Å². The highest BCUT2D eigenvalue weighted by atomic mass is 16.5. The van der Waals surface area contributed by atoms with Crippen molar-refractivity contribution in [1.29, 1.82) is 0 Å². The second-order valence-corrected chi connectivity index (χ2v) is 4.50. The average Bonchev–Trinajstić information content (AvgIpc) is 2.47. The molecule has 0 aliphatic carbocycles. The van der Waals surface area contributed by atoms with Gasteiger partial charge in [0.25, 0.3) is 0 Å². The molecule has 20 heavy (non-hydrogen) atoms. The highest BCUT2D eigenvalue weighted by Gasteiger charge is 2.01. The largest absolute Gasteiger partial charge is 0.494 e. The van der Waals surface area contributed by atoms with Gasteiger partial charge in [-0.25, -0.2) is 0 Å². The normalized spacial score (nSPS) is 10.1. The number of hydrogen-bond donors (Lipinski definition) is 0. The summed E-state index contributed by atoms with van der Waals surface area (Å²) in [6.45, 7) is 4.33. The Kier molecular flexibility index (Phi) is 4.77. The minimum atomic E-state index is 0.0500. The number of carbonyl (C=O) groups excluding carboxylic acids is 1. The Hall–Kier alpha value is -2.29. The number of benzene rings is 2. The Labute approximate surface area is 119 Å². The zero-order valence-corrected chi connectivity index (χ0v) is 11.8. The first-order valence-electron chi connectivity index (χ1n) is 6.71. The Morgan fingerprint density at radius 3 is 1.90 bits per heavy atom. The number of ether oxygens (including phenoxy) is 2. The van der Waals surface area contributed by atoms with Crippen molar-refractivity contribution in [3.8, 4) is 17.2 Å². The lowest BCUT2D eigenvalue weighted by Gasteiger charge is -2.08. The summed E-state index contributed by atoms with van der Waals surface area (Å²) >= 11 is 0. The van der Waals surface area contributed by atoms with Crippen LogP contribution < -0.4 is 9.47 Å². The smallest absolute Gasteiger partial charge is 0.159 e. The van der Waals surface area contributed by atoms with Crippen LogP contribution in [-0.4, -0.2) is 12.4 Å². The molecule has 2 aromatic carbocycles. The average molecular weight is 270 g/mol. The van der Waals surface area contributed by atoms with Crippen LogP contribution in [0.25, 0.3) is 0 Å². The number of Topliss-reactive ketones (excluding diaryl/α,β-unsaturated/α-hetero) is 1. The van der Waals surface area contributed by atoms with Crippen LogP contribution in [0.3, 0.4) is 0 Å². The molecule has 0 saturated heterocycles. The molecule has 0 bridgehead atoms. The van der Waals surface area contributed by atoms with E-state index in [9.17, 15) is 4.79 Å². The minimum absolute atomic E-state index is 0.0500. The zero-order valence-electron chi connectivity index (χ0n) is 11.8. The second-order valence-electron chi connectivity index (χ2n) is 4.50. The molecule has 0 aliphatic heterocycles. The van der Waals surface area contributed by atoms with E-state index < -0.39 is 0 Å². The van der Waals surface area contributed by atoms with Gasteiger partial charge in [-0.05, 0) is 61.9 Å². The van der Waals surface area contributed by atoms with Crippen molar-refractivity contribution >= 4 is 5.78 Å². The third-order valence-corrected chi connectivity index (χ3v) is 2.79. The van der Waals surface area contributed by atoms with Crippen molar-refractivity contribution in [2.75, 3.05) is 6.61 Å². The van der Waals surface area contributed by atoms with Crippen LogP contribution in [-0.2, 0) is 0 Å². The SMILES string of the molecule is CCCOc1ccc(Oc2ccc(C(C)=O)cc2)cc1. The third-order valence-electron chi connectivity index (χ3n) is 2.79. The fraction of sp³-hybridized carbons (Fsp3) is 0.235. The van der Waals surface area contributed by atoms with Crippen molar-refractivity contribution in [3.05, 3.63) is 54.1 Å². The maximum atomic E-state index is 11.2. The van der Waals surface area contributed by atoms with E-state index in [1.807, 2.05) is 24.3 Å². The maximum absolute atomic E-state index is 11.2. The molecule has 0 fully saturated rings. The van der Waals surface area contributed by atoms with Gasteiger partial charge in [0.2, 0.25) is 0 Å². The number of ketones is 1. The molecule has 0 aromatic heterocycles. The molecule has 104 valence electrons. The summed E-state index contributed by atoms with van der Waals surface area (Å²) in [5, 5.41) is 0. The highest BCUT2D eigenvalue weighted by Crippen LogP contribution is 2.24. The van der Waals surface area contributed by atoms with Gasteiger partial charge >= 0.3 is 0 Å². The molecule has 0 unspecified atom stereocenters. The van der Waals surface area contributed by atoms with Crippen LogP contribution in [0.5, 0.6) is 17.2 Å². The van der Waals surface area contributed by atoms with E-state index in [0.717, 1.165) is 17.9 Å². The molecule has 2 aromatic rings. The second kappa shape index (κ2) is 6.75. The molecule has 3 nitrogen and oxygen atoms in total. The standard InChI is InChI=1S/C17H18O3/c1-3-12-19-15-8-10-17(11-9-15)20-16-6-4-14(5-7-16)13(2)18/h4-11H,3,12H2,1-2H3. The number of carbonyl (C=O) groups is 1. The first-order chi connectivity index (χ1) is 9.69. The van der Waals surface area contributed by atoms with Crippen molar-refractivity contribution in [2.24, 2.45) is 0 Å². The third kappa shape index (κ3) is 3.85. The Balaban J connectivity index is 2.00. The zero-order chi connectivity index (χ0) is 14.4. The van der Waals surface area contributed by atoms with E-state index in [1.165, 1.54) is 0 Å². The monoisotopic (exact) mass is 270 g/mol. The van der Waals surface area contributed by atoms with Gasteiger partial charge in [0, 0.05) is 5.56 Å². The van der Waals surface area contributed by atoms with E-state index in [4.69, 9.17) is 9.47 Å². The van der Waals surface area contributed by atoms with Gasteiger partial charge in [0.1, 0.15) is 17.2 Å². The molecule has 3 heteroatoms. The van der Waals surface area contributed by atoms with Gasteiger partial charge in [-0.2, -0.15) is 0 Å². The predicted octanol–water partition coefficient (Wildman–Crippen LogP) is 4.47. The van der Waals surface area contributed by atoms with Crippen LogP contribution >= 0.6 is 0 Å². The number of hydrogen-bond acceptors (Lipinski definition) is 3. The Morgan fingerprint density at radius 2 is 1.40 bits per heavy atom. The summed E-state index contributed by atoms with van der Waals surface area (Å²) in [5.74, 6) is 2.33. The summed E-state index contributed by atoms with van der Waals surface area (Å²) in [6.07, 6.45) is 0.987. The van der Waals surface area contributed by atoms with Crippen LogP contribution in [0.2, 0.25) is 0 Å². The topological polar surface area (TPSA) is 35.5 Å². The minimum Gasteiger partial charge on any atom is -0.494 e. The van der Waals surface area contributed by atoms with Crippen LogP contribution in [0.4, 0.5) is 0 Å². The van der Waals surface area contributed by atoms with E-state index in [2.05, 4.69) is 6.92 Å². The summed E-state index contributed by atoms with van der Waals surface area (Å²) in [7, 11) is 0. The lowest BCUT2D eigenvalue weighted by Crippen LogP contribution is -1.94. The summed E-state index contributed by atoms with van der Waals surface area (Å²) in [5.41, 5.74) is 0.681. The lowest BCUT2D eigenvalue weighted by atomic mass is 10.1. The summed E-state index contributed by atoms with van der Waals surface area (Å²) in [6, 6.07) is 14.6. The molecule has 0 atom stereocenters. The lowest BCUT2D eigenvalue weighted by molar-refractivity contribution is 0.101. The molecular formula is C17H18O3. The molecule has 0 amide bonds. The maximum Gasteiger partial charge on any atom is 0.159 e. The summed E-state index contributed by atoms with van der Waals surface area (Å²) in [4.78, 5) is 11.2. The Morgan fingerprint density at radius 1 is 0.900 bits per heavy atom.